The van der Waals surface area contributed by atoms with Gasteiger partial charge in [0.1, 0.15) is 0 Å². The predicted octanol–water partition coefficient (Wildman–Crippen LogP) is 3.18. The molecule has 2 aromatic carbocycles. The molecule has 1 unspecified atom stereocenters. The number of pyridine rings is 1. The van der Waals surface area contributed by atoms with E-state index in [0.29, 0.717) is 23.1 Å². The van der Waals surface area contributed by atoms with Crippen LogP contribution < -0.4 is 5.56 Å². The number of aromatic amines is 1. The summed E-state index contributed by atoms with van der Waals surface area (Å²) in [6.45, 7) is 0.355. The second-order valence-electron chi connectivity index (χ2n) is 7.59. The Labute approximate surface area is 164 Å². The van der Waals surface area contributed by atoms with Crippen molar-refractivity contribution in [2.75, 3.05) is 13.7 Å². The molecule has 1 aliphatic carbocycles. The molecule has 0 bridgehead atoms. The van der Waals surface area contributed by atoms with Gasteiger partial charge in [0.15, 0.2) is 11.6 Å². The van der Waals surface area contributed by atoms with Crippen molar-refractivity contribution < 1.29 is 18.3 Å². The number of nitrogens with one attached hydrogen (secondary N) is 1. The summed E-state index contributed by atoms with van der Waals surface area (Å²) >= 11 is 0. The van der Waals surface area contributed by atoms with E-state index in [1.807, 2.05) is 24.3 Å². The van der Waals surface area contributed by atoms with Gasteiger partial charge in [0.25, 0.3) is 5.56 Å². The largest absolute Gasteiger partial charge is 0.373 e. The number of hydrogen-bond donors (Lipinski definition) is 1. The number of carbonyl (C=O) groups excluding carboxylic acids is 1. The molecule has 1 aliphatic heterocycles. The highest BCUT2D eigenvalue weighted by atomic mass is 19.2. The smallest absolute Gasteiger partial charge is 0.256 e. The van der Waals surface area contributed by atoms with Crippen LogP contribution in [0, 0.1) is 11.6 Å². The lowest BCUT2D eigenvalue weighted by Crippen LogP contribution is -2.42. The van der Waals surface area contributed by atoms with Crippen LogP contribution in [0.4, 0.5) is 8.78 Å². The summed E-state index contributed by atoms with van der Waals surface area (Å²) < 4.78 is 33.3. The van der Waals surface area contributed by atoms with Crippen LogP contribution in [0.5, 0.6) is 0 Å². The number of fused-ring (bicyclic) bond motifs is 4. The molecular formula is C22H18F2N2O3. The predicted molar refractivity (Wildman–Crippen MR) is 103 cm³/mol. The number of likely N-dealkylation sites (N-methyl/N-ethyl adjacent to an activating group) is 1. The number of aromatic nitrogens is 1. The third kappa shape index (κ3) is 2.68. The molecule has 1 N–H and O–H groups in total. The number of H-pyrrole nitrogens is 1. The first-order chi connectivity index (χ1) is 14.0. The fourth-order valence-corrected chi connectivity index (χ4v) is 4.43. The minimum atomic E-state index is -1.08. The summed E-state index contributed by atoms with van der Waals surface area (Å²) in [5, 5.41) is 0.369. The van der Waals surface area contributed by atoms with Gasteiger partial charge in [0, 0.05) is 18.3 Å². The van der Waals surface area contributed by atoms with Crippen molar-refractivity contribution in [1.82, 2.24) is 9.88 Å². The number of carbonyl (C=O) groups is 1. The van der Waals surface area contributed by atoms with Crippen molar-refractivity contribution in [3.63, 3.8) is 0 Å². The standard InChI is InChI=1S/C22H18F2N2O3/c1-26(22(28)15-6-11-4-2-3-5-12(11)15)19-10-29-9-18-20(19)13-7-16(23)17(24)8-14(13)21(27)25-18/h2-5,7-8,15,19H,6,9-10H2,1H3,(H,25,27)/t15?,19-/m0/s1. The molecule has 29 heavy (non-hydrogen) atoms. The lowest BCUT2D eigenvalue weighted by Gasteiger charge is -2.38. The molecule has 3 aromatic rings. The zero-order valence-electron chi connectivity index (χ0n) is 15.7. The summed E-state index contributed by atoms with van der Waals surface area (Å²) in [5.41, 5.74) is 2.75. The summed E-state index contributed by atoms with van der Waals surface area (Å²) in [5.74, 6) is -2.41. The second-order valence-corrected chi connectivity index (χ2v) is 7.59. The van der Waals surface area contributed by atoms with Crippen LogP contribution >= 0.6 is 0 Å². The zero-order valence-corrected chi connectivity index (χ0v) is 15.7. The number of rotatable bonds is 2. The fraction of sp³-hybridized carbons (Fsp3) is 0.273. The van der Waals surface area contributed by atoms with Crippen molar-refractivity contribution in [2.24, 2.45) is 0 Å². The molecule has 0 saturated carbocycles. The maximum Gasteiger partial charge on any atom is 0.256 e. The van der Waals surface area contributed by atoms with Gasteiger partial charge in [0.05, 0.1) is 30.6 Å². The number of hydrogen-bond acceptors (Lipinski definition) is 3. The van der Waals surface area contributed by atoms with Crippen LogP contribution in [0.15, 0.2) is 41.2 Å². The lowest BCUT2D eigenvalue weighted by molar-refractivity contribution is -0.136. The average Bonchev–Trinajstić information content (AvgIpc) is 2.69. The van der Waals surface area contributed by atoms with Crippen LogP contribution in [0.3, 0.4) is 0 Å². The number of halogens is 2. The first-order valence-corrected chi connectivity index (χ1v) is 9.41. The van der Waals surface area contributed by atoms with E-state index in [-0.39, 0.29) is 30.4 Å². The molecule has 148 valence electrons. The monoisotopic (exact) mass is 396 g/mol. The minimum Gasteiger partial charge on any atom is -0.373 e. The molecule has 1 aromatic heterocycles. The van der Waals surface area contributed by atoms with Gasteiger partial charge < -0.3 is 14.6 Å². The zero-order chi connectivity index (χ0) is 20.3. The van der Waals surface area contributed by atoms with Gasteiger partial charge >= 0.3 is 0 Å². The van der Waals surface area contributed by atoms with Crippen molar-refractivity contribution in [2.45, 2.75) is 25.0 Å². The number of amides is 1. The van der Waals surface area contributed by atoms with Crippen molar-refractivity contribution >= 4 is 16.7 Å². The molecule has 1 amide bonds. The topological polar surface area (TPSA) is 62.4 Å². The highest BCUT2D eigenvalue weighted by Crippen LogP contribution is 2.39. The maximum atomic E-state index is 14.0. The van der Waals surface area contributed by atoms with Crippen LogP contribution in [0.25, 0.3) is 10.8 Å². The molecule has 2 heterocycles. The molecular weight excluding hydrogens is 378 g/mol. The van der Waals surface area contributed by atoms with Gasteiger partial charge in [-0.3, -0.25) is 9.59 Å². The normalized spacial score (nSPS) is 20.0. The first kappa shape index (κ1) is 18.0. The Balaban J connectivity index is 1.59. The van der Waals surface area contributed by atoms with E-state index in [2.05, 4.69) is 4.98 Å². The van der Waals surface area contributed by atoms with E-state index >= 15 is 0 Å². The Bertz CT molecular complexity index is 1220. The second kappa shape index (κ2) is 6.49. The van der Waals surface area contributed by atoms with Gasteiger partial charge in [-0.05, 0) is 35.1 Å². The molecule has 5 nitrogen and oxygen atoms in total. The molecule has 0 radical (unpaired) electrons. The Hall–Kier alpha value is -3.06. The van der Waals surface area contributed by atoms with Crippen LogP contribution in [0.1, 0.15) is 34.3 Å². The molecule has 5 rings (SSSR count). The summed E-state index contributed by atoms with van der Waals surface area (Å²) in [4.78, 5) is 29.8. The highest BCUT2D eigenvalue weighted by molar-refractivity contribution is 5.89. The van der Waals surface area contributed by atoms with E-state index in [9.17, 15) is 18.4 Å². The minimum absolute atomic E-state index is 0.0596. The van der Waals surface area contributed by atoms with Gasteiger partial charge in [-0.25, -0.2) is 8.78 Å². The van der Waals surface area contributed by atoms with Crippen LogP contribution in [-0.4, -0.2) is 29.4 Å². The van der Waals surface area contributed by atoms with Gasteiger partial charge in [-0.1, -0.05) is 24.3 Å². The Morgan fingerprint density at radius 3 is 2.66 bits per heavy atom. The number of benzene rings is 2. The average molecular weight is 396 g/mol. The van der Waals surface area contributed by atoms with Crippen LogP contribution in [0.2, 0.25) is 0 Å². The van der Waals surface area contributed by atoms with Gasteiger partial charge in [-0.15, -0.1) is 0 Å². The van der Waals surface area contributed by atoms with Crippen LogP contribution in [-0.2, 0) is 22.6 Å². The SMILES string of the molecule is CN(C(=O)C1Cc2ccccc21)[C@H]1COCc2[nH]c(=O)c3cc(F)c(F)cc3c21. The third-order valence-electron chi connectivity index (χ3n) is 6.01. The summed E-state index contributed by atoms with van der Waals surface area (Å²) in [6.07, 6.45) is 0.673. The number of ether oxygens (including phenoxy) is 1. The Morgan fingerprint density at radius 1 is 1.17 bits per heavy atom. The van der Waals surface area contributed by atoms with Gasteiger partial charge in [-0.2, -0.15) is 0 Å². The van der Waals surface area contributed by atoms with E-state index < -0.39 is 23.2 Å². The molecule has 7 heteroatoms. The van der Waals surface area contributed by atoms with Gasteiger partial charge in [0.2, 0.25) is 5.91 Å². The van der Waals surface area contributed by atoms with Crippen molar-refractivity contribution in [3.8, 4) is 0 Å². The number of nitrogens with zero attached hydrogens (tertiary/aromatic N) is 1. The quantitative estimate of drug-likeness (QED) is 0.724. The lowest BCUT2D eigenvalue weighted by atomic mass is 9.76. The molecule has 2 aliphatic rings. The maximum absolute atomic E-state index is 14.0. The van der Waals surface area contributed by atoms with E-state index in [1.54, 1.807) is 11.9 Å². The van der Waals surface area contributed by atoms with Crippen molar-refractivity contribution in [1.29, 1.82) is 0 Å². The highest BCUT2D eigenvalue weighted by Gasteiger charge is 2.38. The molecule has 0 fully saturated rings. The summed E-state index contributed by atoms with van der Waals surface area (Å²) in [6, 6.07) is 9.24. The van der Waals surface area contributed by atoms with E-state index in [1.165, 1.54) is 0 Å². The Morgan fingerprint density at radius 2 is 1.90 bits per heavy atom. The first-order valence-electron chi connectivity index (χ1n) is 9.41. The van der Waals surface area contributed by atoms with Crippen molar-refractivity contribution in [3.05, 3.63) is 80.8 Å². The third-order valence-corrected chi connectivity index (χ3v) is 6.01. The molecule has 0 saturated heterocycles. The summed E-state index contributed by atoms with van der Waals surface area (Å²) in [7, 11) is 1.68. The fourth-order valence-electron chi connectivity index (χ4n) is 4.43. The Kier molecular flexibility index (Phi) is 4.03. The molecule has 0 spiro atoms. The van der Waals surface area contributed by atoms with E-state index in [0.717, 1.165) is 23.3 Å². The molecule has 2 atom stereocenters. The van der Waals surface area contributed by atoms with E-state index in [4.69, 9.17) is 4.74 Å².